The average Bonchev–Trinajstić information content (AvgIpc) is 2.52. The number of aromatic nitrogens is 4. The third kappa shape index (κ3) is 1.74. The maximum absolute atomic E-state index is 10.9. The molecule has 0 amide bonds. The van der Waals surface area contributed by atoms with Crippen LogP contribution >= 0.6 is 0 Å². The van der Waals surface area contributed by atoms with Gasteiger partial charge in [-0.2, -0.15) is 14.7 Å². The number of nitrogens with zero attached hydrogens (tertiary/aromatic N) is 3. The van der Waals surface area contributed by atoms with E-state index in [4.69, 9.17) is 0 Å². The van der Waals surface area contributed by atoms with Crippen LogP contribution in [0.5, 0.6) is 0 Å². The molecule has 70 valence electrons. The summed E-state index contributed by atoms with van der Waals surface area (Å²) in [6.07, 6.45) is 0. The molecule has 2 aromatic rings. The Morgan fingerprint density at radius 2 is 2.08 bits per heavy atom. The summed E-state index contributed by atoms with van der Waals surface area (Å²) in [6.45, 7) is 5.82. The smallest absolute Gasteiger partial charge is 0.244 e. The van der Waals surface area contributed by atoms with E-state index in [2.05, 4.69) is 15.3 Å². The van der Waals surface area contributed by atoms with Gasteiger partial charge in [-0.1, -0.05) is 13.8 Å². The number of rotatable bonds is 0. The first kappa shape index (κ1) is 9.44. The SMILES string of the molecule is CC.Cc1ccc2n[nH]c(=O)n2n1. The molecule has 0 spiro atoms. The number of aromatic amines is 1. The largest absolute Gasteiger partial charge is 0.364 e. The van der Waals surface area contributed by atoms with Gasteiger partial charge in [0.05, 0.1) is 5.69 Å². The Morgan fingerprint density at radius 3 is 2.77 bits per heavy atom. The van der Waals surface area contributed by atoms with Gasteiger partial charge in [0, 0.05) is 0 Å². The molecule has 5 heteroatoms. The van der Waals surface area contributed by atoms with Crippen molar-refractivity contribution >= 4 is 5.65 Å². The Balaban J connectivity index is 0.000000396. The first-order valence-corrected chi connectivity index (χ1v) is 4.18. The van der Waals surface area contributed by atoms with Crippen molar-refractivity contribution in [2.45, 2.75) is 20.8 Å². The van der Waals surface area contributed by atoms with Crippen LogP contribution < -0.4 is 5.69 Å². The number of fused-ring (bicyclic) bond motifs is 1. The van der Waals surface area contributed by atoms with Crippen LogP contribution in [0.25, 0.3) is 5.65 Å². The second kappa shape index (κ2) is 3.84. The van der Waals surface area contributed by atoms with Gasteiger partial charge in [-0.3, -0.25) is 0 Å². The molecule has 2 rings (SSSR count). The number of H-pyrrole nitrogens is 1. The quantitative estimate of drug-likeness (QED) is 0.650. The standard InChI is InChI=1S/C6H6N4O.C2H6/c1-4-2-3-5-7-8-6(11)10(5)9-4;1-2/h2-3H,1H3,(H,8,11);1-2H3. The predicted molar refractivity (Wildman–Crippen MR) is 49.7 cm³/mol. The highest BCUT2D eigenvalue weighted by Gasteiger charge is 1.98. The Bertz CT molecular complexity index is 443. The minimum absolute atomic E-state index is 0.302. The van der Waals surface area contributed by atoms with Crippen LogP contribution in [-0.4, -0.2) is 19.8 Å². The lowest BCUT2D eigenvalue weighted by Crippen LogP contribution is -2.12. The van der Waals surface area contributed by atoms with Gasteiger partial charge >= 0.3 is 5.69 Å². The molecule has 0 aliphatic heterocycles. The zero-order chi connectivity index (χ0) is 9.84. The summed E-state index contributed by atoms with van der Waals surface area (Å²) in [7, 11) is 0. The Kier molecular flexibility index (Phi) is 2.79. The molecule has 5 nitrogen and oxygen atoms in total. The summed E-state index contributed by atoms with van der Waals surface area (Å²) in [5.74, 6) is 0. The van der Waals surface area contributed by atoms with E-state index in [-0.39, 0.29) is 5.69 Å². The molecule has 2 heterocycles. The van der Waals surface area contributed by atoms with Gasteiger partial charge < -0.3 is 0 Å². The van der Waals surface area contributed by atoms with Gasteiger partial charge in [0.25, 0.3) is 0 Å². The Morgan fingerprint density at radius 1 is 1.38 bits per heavy atom. The van der Waals surface area contributed by atoms with Crippen LogP contribution in [0.4, 0.5) is 0 Å². The van der Waals surface area contributed by atoms with Crippen LogP contribution in [0.3, 0.4) is 0 Å². The molecule has 0 radical (unpaired) electrons. The van der Waals surface area contributed by atoms with Crippen LogP contribution in [0.15, 0.2) is 16.9 Å². The zero-order valence-electron chi connectivity index (χ0n) is 7.90. The fourth-order valence-electron chi connectivity index (χ4n) is 0.895. The summed E-state index contributed by atoms with van der Waals surface area (Å²) in [5, 5.41) is 9.97. The van der Waals surface area contributed by atoms with Crippen molar-refractivity contribution in [2.24, 2.45) is 0 Å². The van der Waals surface area contributed by atoms with E-state index in [0.717, 1.165) is 5.69 Å². The molecule has 0 aromatic carbocycles. The summed E-state index contributed by atoms with van der Waals surface area (Å²) < 4.78 is 1.23. The third-order valence-corrected chi connectivity index (χ3v) is 1.41. The maximum Gasteiger partial charge on any atom is 0.364 e. The molecule has 0 atom stereocenters. The highest BCUT2D eigenvalue weighted by atomic mass is 16.2. The highest BCUT2D eigenvalue weighted by molar-refractivity contribution is 5.34. The lowest BCUT2D eigenvalue weighted by atomic mass is 10.4. The average molecular weight is 180 g/mol. The van der Waals surface area contributed by atoms with E-state index >= 15 is 0 Å². The van der Waals surface area contributed by atoms with Crippen molar-refractivity contribution in [3.63, 3.8) is 0 Å². The lowest BCUT2D eigenvalue weighted by Gasteiger charge is -1.89. The first-order valence-electron chi connectivity index (χ1n) is 4.18. The second-order valence-corrected chi connectivity index (χ2v) is 2.27. The maximum atomic E-state index is 10.9. The van der Waals surface area contributed by atoms with E-state index in [1.165, 1.54) is 4.52 Å². The van der Waals surface area contributed by atoms with E-state index in [9.17, 15) is 4.79 Å². The monoisotopic (exact) mass is 180 g/mol. The number of hydrogen-bond acceptors (Lipinski definition) is 3. The summed E-state index contributed by atoms with van der Waals surface area (Å²) >= 11 is 0. The normalized spacial score (nSPS) is 9.46. The van der Waals surface area contributed by atoms with Crippen molar-refractivity contribution in [2.75, 3.05) is 0 Å². The number of hydrogen-bond donors (Lipinski definition) is 1. The number of aryl methyl sites for hydroxylation is 1. The minimum atomic E-state index is -0.302. The van der Waals surface area contributed by atoms with Crippen LogP contribution in [-0.2, 0) is 0 Å². The van der Waals surface area contributed by atoms with Gasteiger partial charge in [-0.25, -0.2) is 9.89 Å². The molecule has 1 N–H and O–H groups in total. The molecule has 0 unspecified atom stereocenters. The molecule has 0 aliphatic carbocycles. The van der Waals surface area contributed by atoms with Gasteiger partial charge in [0.15, 0.2) is 5.65 Å². The topological polar surface area (TPSA) is 63.0 Å². The molecule has 0 saturated heterocycles. The lowest BCUT2D eigenvalue weighted by molar-refractivity contribution is 0.854. The summed E-state index contributed by atoms with van der Waals surface area (Å²) in [6, 6.07) is 3.54. The molecular formula is C8H12N4O. The van der Waals surface area contributed by atoms with Crippen molar-refractivity contribution in [1.29, 1.82) is 0 Å². The van der Waals surface area contributed by atoms with E-state index in [1.807, 2.05) is 20.8 Å². The van der Waals surface area contributed by atoms with Crippen molar-refractivity contribution in [1.82, 2.24) is 19.8 Å². The molecule has 0 bridgehead atoms. The van der Waals surface area contributed by atoms with Gasteiger partial charge in [0.2, 0.25) is 0 Å². The molecule has 2 aromatic heterocycles. The summed E-state index contributed by atoms with van der Waals surface area (Å²) in [5.41, 5.74) is 1.03. The van der Waals surface area contributed by atoms with Crippen molar-refractivity contribution < 1.29 is 0 Å². The van der Waals surface area contributed by atoms with Gasteiger partial charge in [-0.05, 0) is 19.1 Å². The Hall–Kier alpha value is -1.65. The minimum Gasteiger partial charge on any atom is -0.244 e. The fourth-order valence-corrected chi connectivity index (χ4v) is 0.895. The molecule has 0 fully saturated rings. The van der Waals surface area contributed by atoms with Crippen LogP contribution in [0, 0.1) is 6.92 Å². The summed E-state index contributed by atoms with van der Waals surface area (Å²) in [4.78, 5) is 10.9. The molecule has 0 aliphatic rings. The molecule has 13 heavy (non-hydrogen) atoms. The highest BCUT2D eigenvalue weighted by Crippen LogP contribution is 1.93. The first-order chi connectivity index (χ1) is 6.27. The zero-order valence-corrected chi connectivity index (χ0v) is 7.90. The van der Waals surface area contributed by atoms with Crippen LogP contribution in [0.1, 0.15) is 19.5 Å². The third-order valence-electron chi connectivity index (χ3n) is 1.41. The van der Waals surface area contributed by atoms with Crippen LogP contribution in [0.2, 0.25) is 0 Å². The predicted octanol–water partition coefficient (Wildman–Crippen LogP) is 0.752. The van der Waals surface area contributed by atoms with E-state index in [0.29, 0.717) is 5.65 Å². The van der Waals surface area contributed by atoms with E-state index < -0.39 is 0 Å². The molecule has 0 saturated carbocycles. The van der Waals surface area contributed by atoms with Gasteiger partial charge in [-0.15, -0.1) is 0 Å². The van der Waals surface area contributed by atoms with E-state index in [1.54, 1.807) is 12.1 Å². The van der Waals surface area contributed by atoms with Crippen molar-refractivity contribution in [3.8, 4) is 0 Å². The van der Waals surface area contributed by atoms with Gasteiger partial charge in [0.1, 0.15) is 0 Å². The second-order valence-electron chi connectivity index (χ2n) is 2.27. The Labute approximate surface area is 75.4 Å². The number of nitrogens with one attached hydrogen (secondary N) is 1. The fraction of sp³-hybridized carbons (Fsp3) is 0.375. The van der Waals surface area contributed by atoms with Crippen molar-refractivity contribution in [3.05, 3.63) is 28.3 Å². The molecular weight excluding hydrogens is 168 g/mol.